The van der Waals surface area contributed by atoms with Crippen LogP contribution in [0.25, 0.3) is 11.4 Å². The van der Waals surface area contributed by atoms with E-state index in [0.29, 0.717) is 29.7 Å². The molecule has 9 heteroatoms. The number of hydrogen-bond donors (Lipinski definition) is 2. The van der Waals surface area contributed by atoms with Gasteiger partial charge in [0.05, 0.1) is 12.6 Å². The minimum absolute atomic E-state index is 0. The van der Waals surface area contributed by atoms with Gasteiger partial charge in [-0.1, -0.05) is 28.9 Å². The van der Waals surface area contributed by atoms with Crippen molar-refractivity contribution in [3.05, 3.63) is 35.2 Å². The van der Waals surface area contributed by atoms with Crippen LogP contribution >= 0.6 is 35.6 Å². The third kappa shape index (κ3) is 6.32. The summed E-state index contributed by atoms with van der Waals surface area (Å²) in [4.78, 5) is 11.3. The first-order chi connectivity index (χ1) is 12.7. The van der Waals surface area contributed by atoms with E-state index in [9.17, 15) is 5.11 Å². The topological polar surface area (TPSA) is 86.8 Å². The van der Waals surface area contributed by atoms with Crippen LogP contribution in [0, 0.1) is 0 Å². The molecule has 3 rings (SSSR count). The van der Waals surface area contributed by atoms with Crippen LogP contribution < -0.4 is 5.32 Å². The quantitative estimate of drug-likeness (QED) is 0.369. The van der Waals surface area contributed by atoms with Crippen molar-refractivity contribution in [1.82, 2.24) is 20.4 Å². The van der Waals surface area contributed by atoms with Crippen LogP contribution in [0.15, 0.2) is 33.8 Å². The van der Waals surface area contributed by atoms with E-state index in [2.05, 4.69) is 25.3 Å². The lowest BCUT2D eigenvalue weighted by Gasteiger charge is -2.32. The zero-order valence-electron chi connectivity index (χ0n) is 15.3. The van der Waals surface area contributed by atoms with Crippen molar-refractivity contribution in [1.29, 1.82) is 0 Å². The summed E-state index contributed by atoms with van der Waals surface area (Å²) in [5, 5.41) is 17.6. The number of aliphatic imine (C=N–C) groups is 1. The molecule has 0 atom stereocenters. The van der Waals surface area contributed by atoms with Crippen LogP contribution in [0.2, 0.25) is 5.02 Å². The van der Waals surface area contributed by atoms with E-state index >= 15 is 0 Å². The highest BCUT2D eigenvalue weighted by Gasteiger charge is 2.19. The first-order valence-corrected chi connectivity index (χ1v) is 9.33. The predicted octanol–water partition coefficient (Wildman–Crippen LogP) is 2.97. The Balaban J connectivity index is 0.00000261. The standard InChI is InChI=1S/C18H24ClN5O2.HI/c1-2-20-18(24-10-7-15(25)8-11-24)21-9-6-16-22-17(23-26-16)13-4-3-5-14(19)12-13;/h3-5,12,15,25H,2,6-11H2,1H3,(H,20,21);1H. The Morgan fingerprint density at radius 3 is 2.89 bits per heavy atom. The second-order valence-corrected chi connectivity index (χ2v) is 6.66. The number of piperidine rings is 1. The molecule has 2 N–H and O–H groups in total. The van der Waals surface area contributed by atoms with Gasteiger partial charge in [0.15, 0.2) is 5.96 Å². The molecule has 0 bridgehead atoms. The number of rotatable bonds is 5. The highest BCUT2D eigenvalue weighted by Crippen LogP contribution is 2.20. The number of guanidine groups is 1. The molecule has 148 valence electrons. The van der Waals surface area contributed by atoms with Crippen molar-refractivity contribution in [2.45, 2.75) is 32.3 Å². The van der Waals surface area contributed by atoms with Gasteiger partial charge in [-0.15, -0.1) is 24.0 Å². The number of benzene rings is 1. The fraction of sp³-hybridized carbons (Fsp3) is 0.500. The molecule has 7 nitrogen and oxygen atoms in total. The van der Waals surface area contributed by atoms with Gasteiger partial charge in [-0.2, -0.15) is 4.98 Å². The van der Waals surface area contributed by atoms with Crippen LogP contribution in [0.3, 0.4) is 0 Å². The van der Waals surface area contributed by atoms with Crippen LogP contribution in [0.1, 0.15) is 25.7 Å². The van der Waals surface area contributed by atoms with Crippen LogP contribution in [0.5, 0.6) is 0 Å². The van der Waals surface area contributed by atoms with Crippen molar-refractivity contribution in [2.75, 3.05) is 26.2 Å². The summed E-state index contributed by atoms with van der Waals surface area (Å²) in [5.74, 6) is 1.95. The lowest BCUT2D eigenvalue weighted by atomic mass is 10.1. The fourth-order valence-corrected chi connectivity index (χ4v) is 3.05. The molecule has 2 heterocycles. The van der Waals surface area contributed by atoms with E-state index < -0.39 is 0 Å². The number of aliphatic hydroxyl groups excluding tert-OH is 1. The van der Waals surface area contributed by atoms with Gasteiger partial charge in [-0.25, -0.2) is 0 Å². The lowest BCUT2D eigenvalue weighted by molar-refractivity contribution is 0.108. The maximum absolute atomic E-state index is 9.65. The van der Waals surface area contributed by atoms with E-state index in [-0.39, 0.29) is 30.1 Å². The van der Waals surface area contributed by atoms with Crippen LogP contribution in [-0.2, 0) is 6.42 Å². The summed E-state index contributed by atoms with van der Waals surface area (Å²) in [7, 11) is 0. The van der Waals surface area contributed by atoms with E-state index in [0.717, 1.165) is 44.0 Å². The number of nitrogens with one attached hydrogen (secondary N) is 1. The Labute approximate surface area is 181 Å². The van der Waals surface area contributed by atoms with Gasteiger partial charge in [0, 0.05) is 36.6 Å². The minimum atomic E-state index is -0.197. The van der Waals surface area contributed by atoms with Crippen LogP contribution in [0.4, 0.5) is 0 Å². The summed E-state index contributed by atoms with van der Waals surface area (Å²) >= 11 is 6.00. The molecule has 1 saturated heterocycles. The van der Waals surface area contributed by atoms with E-state index in [1.807, 2.05) is 31.2 Å². The molecule has 1 aromatic heterocycles. The molecule has 1 aliphatic heterocycles. The largest absolute Gasteiger partial charge is 0.393 e. The van der Waals surface area contributed by atoms with Gasteiger partial charge in [0.1, 0.15) is 0 Å². The molecule has 0 saturated carbocycles. The summed E-state index contributed by atoms with van der Waals surface area (Å²) in [5.41, 5.74) is 0.830. The molecule has 0 aliphatic carbocycles. The molecule has 0 spiro atoms. The number of aromatic nitrogens is 2. The number of likely N-dealkylation sites (tertiary alicyclic amines) is 1. The van der Waals surface area contributed by atoms with Gasteiger partial charge in [0.25, 0.3) is 0 Å². The maximum atomic E-state index is 9.65. The Hall–Kier alpha value is -1.39. The molecule has 0 radical (unpaired) electrons. The maximum Gasteiger partial charge on any atom is 0.228 e. The van der Waals surface area contributed by atoms with E-state index in [1.54, 1.807) is 0 Å². The van der Waals surface area contributed by atoms with Gasteiger partial charge < -0.3 is 19.8 Å². The first kappa shape index (κ1) is 21.9. The van der Waals surface area contributed by atoms with Crippen molar-refractivity contribution >= 4 is 41.5 Å². The average molecular weight is 506 g/mol. The molecule has 1 aliphatic rings. The van der Waals surface area contributed by atoms with E-state index in [1.165, 1.54) is 0 Å². The Bertz CT molecular complexity index is 747. The number of halogens is 2. The molecule has 27 heavy (non-hydrogen) atoms. The monoisotopic (exact) mass is 505 g/mol. The fourth-order valence-electron chi connectivity index (χ4n) is 2.86. The van der Waals surface area contributed by atoms with Gasteiger partial charge in [-0.3, -0.25) is 4.99 Å². The van der Waals surface area contributed by atoms with Gasteiger partial charge in [-0.05, 0) is 31.9 Å². The van der Waals surface area contributed by atoms with Crippen molar-refractivity contribution in [3.63, 3.8) is 0 Å². The highest BCUT2D eigenvalue weighted by molar-refractivity contribution is 14.0. The van der Waals surface area contributed by atoms with Gasteiger partial charge >= 0.3 is 0 Å². The average Bonchev–Trinajstić information content (AvgIpc) is 3.11. The second-order valence-electron chi connectivity index (χ2n) is 6.23. The molecule has 0 unspecified atom stereocenters. The zero-order valence-corrected chi connectivity index (χ0v) is 18.4. The summed E-state index contributed by atoms with van der Waals surface area (Å²) in [6.45, 7) is 5.03. The Morgan fingerprint density at radius 1 is 1.41 bits per heavy atom. The third-order valence-electron chi connectivity index (χ3n) is 4.24. The van der Waals surface area contributed by atoms with Crippen molar-refractivity contribution in [3.8, 4) is 11.4 Å². The van der Waals surface area contributed by atoms with Gasteiger partial charge in [0.2, 0.25) is 11.7 Å². The summed E-state index contributed by atoms with van der Waals surface area (Å²) < 4.78 is 5.32. The van der Waals surface area contributed by atoms with Crippen molar-refractivity contribution < 1.29 is 9.63 Å². The number of nitrogens with zero attached hydrogens (tertiary/aromatic N) is 4. The third-order valence-corrected chi connectivity index (χ3v) is 4.47. The molecular formula is C18H25ClIN5O2. The Morgan fingerprint density at radius 2 is 2.19 bits per heavy atom. The molecule has 1 fully saturated rings. The summed E-state index contributed by atoms with van der Waals surface area (Å²) in [6.07, 6.45) is 1.92. The molecule has 1 aromatic carbocycles. The SMILES string of the molecule is CCNC(=NCCc1nc(-c2cccc(Cl)c2)no1)N1CCC(O)CC1.I. The number of hydrogen-bond acceptors (Lipinski definition) is 5. The summed E-state index contributed by atoms with van der Waals surface area (Å²) in [6, 6.07) is 7.37. The normalized spacial score (nSPS) is 15.5. The Kier molecular flexibility index (Phi) is 8.78. The second kappa shape index (κ2) is 10.8. The number of aliphatic hydroxyl groups is 1. The van der Waals surface area contributed by atoms with Crippen LogP contribution in [-0.4, -0.2) is 58.4 Å². The molecule has 0 amide bonds. The smallest absolute Gasteiger partial charge is 0.228 e. The molecule has 2 aromatic rings. The molecular weight excluding hydrogens is 481 g/mol. The zero-order chi connectivity index (χ0) is 18.4. The highest BCUT2D eigenvalue weighted by atomic mass is 127. The first-order valence-electron chi connectivity index (χ1n) is 8.95. The minimum Gasteiger partial charge on any atom is -0.393 e. The predicted molar refractivity (Wildman–Crippen MR) is 117 cm³/mol. The van der Waals surface area contributed by atoms with E-state index in [4.69, 9.17) is 16.1 Å². The lowest BCUT2D eigenvalue weighted by Crippen LogP contribution is -2.46. The van der Waals surface area contributed by atoms with Crippen molar-refractivity contribution in [2.24, 2.45) is 4.99 Å².